The van der Waals surface area contributed by atoms with E-state index in [-0.39, 0.29) is 0 Å². The highest BCUT2D eigenvalue weighted by molar-refractivity contribution is 5.27. The first-order valence-corrected chi connectivity index (χ1v) is 8.07. The summed E-state index contributed by atoms with van der Waals surface area (Å²) in [5.41, 5.74) is 1.41. The number of hydrogen-bond acceptors (Lipinski definition) is 2. The maximum absolute atomic E-state index is 5.23. The van der Waals surface area contributed by atoms with Gasteiger partial charge in [-0.15, -0.1) is 0 Å². The molecule has 20 heavy (non-hydrogen) atoms. The van der Waals surface area contributed by atoms with E-state index in [1.165, 1.54) is 37.7 Å². The Morgan fingerprint density at radius 3 is 2.30 bits per heavy atom. The molecule has 2 heteroatoms. The molecule has 0 saturated heterocycles. The Morgan fingerprint density at radius 2 is 1.80 bits per heavy atom. The topological polar surface area (TPSA) is 21.3 Å². The van der Waals surface area contributed by atoms with Gasteiger partial charge in [0.25, 0.3) is 0 Å². The molecule has 0 amide bonds. The van der Waals surface area contributed by atoms with Gasteiger partial charge in [-0.2, -0.15) is 0 Å². The van der Waals surface area contributed by atoms with E-state index in [1.54, 1.807) is 7.11 Å². The SMILES string of the molecule is CCC1CCC(C(Cc2ccc(OC)cc2)NC)CC1. The third kappa shape index (κ3) is 3.99. The zero-order valence-electron chi connectivity index (χ0n) is 13.2. The maximum atomic E-state index is 5.23. The van der Waals surface area contributed by atoms with Crippen LogP contribution < -0.4 is 10.1 Å². The second kappa shape index (κ2) is 7.68. The third-order valence-electron chi connectivity index (χ3n) is 5.02. The number of hydrogen-bond donors (Lipinski definition) is 1. The average molecular weight is 275 g/mol. The van der Waals surface area contributed by atoms with Crippen molar-refractivity contribution in [2.24, 2.45) is 11.8 Å². The van der Waals surface area contributed by atoms with Gasteiger partial charge in [0.1, 0.15) is 5.75 Å². The minimum absolute atomic E-state index is 0.612. The first-order chi connectivity index (χ1) is 9.76. The quantitative estimate of drug-likeness (QED) is 0.846. The molecule has 1 aliphatic carbocycles. The van der Waals surface area contributed by atoms with Gasteiger partial charge in [0.2, 0.25) is 0 Å². The summed E-state index contributed by atoms with van der Waals surface area (Å²) in [4.78, 5) is 0. The predicted octanol–water partition coefficient (Wildman–Crippen LogP) is 4.04. The monoisotopic (exact) mass is 275 g/mol. The van der Waals surface area contributed by atoms with Crippen molar-refractivity contribution in [3.63, 3.8) is 0 Å². The lowest BCUT2D eigenvalue weighted by Gasteiger charge is -2.33. The molecule has 0 aromatic heterocycles. The van der Waals surface area contributed by atoms with Crippen molar-refractivity contribution in [3.05, 3.63) is 29.8 Å². The Morgan fingerprint density at radius 1 is 1.15 bits per heavy atom. The summed E-state index contributed by atoms with van der Waals surface area (Å²) < 4.78 is 5.23. The Kier molecular flexibility index (Phi) is 5.90. The van der Waals surface area contributed by atoms with Crippen molar-refractivity contribution in [3.8, 4) is 5.75 Å². The average Bonchev–Trinajstić information content (AvgIpc) is 2.53. The molecule has 2 nitrogen and oxygen atoms in total. The number of nitrogens with one attached hydrogen (secondary N) is 1. The fourth-order valence-electron chi connectivity index (χ4n) is 3.52. The summed E-state index contributed by atoms with van der Waals surface area (Å²) in [6, 6.07) is 9.13. The van der Waals surface area contributed by atoms with Crippen LogP contribution in [0.4, 0.5) is 0 Å². The summed E-state index contributed by atoms with van der Waals surface area (Å²) in [6.07, 6.45) is 8.10. The Bertz CT molecular complexity index is 379. The molecule has 0 bridgehead atoms. The molecule has 0 heterocycles. The summed E-state index contributed by atoms with van der Waals surface area (Å²) in [5.74, 6) is 2.76. The van der Waals surface area contributed by atoms with Gasteiger partial charge in [-0.1, -0.05) is 38.3 Å². The van der Waals surface area contributed by atoms with Crippen molar-refractivity contribution < 1.29 is 4.74 Å². The summed E-state index contributed by atoms with van der Waals surface area (Å²) in [5, 5.41) is 3.55. The number of methoxy groups -OCH3 is 1. The lowest BCUT2D eigenvalue weighted by molar-refractivity contribution is 0.222. The highest BCUT2D eigenvalue weighted by Crippen LogP contribution is 2.33. The van der Waals surface area contributed by atoms with E-state index in [2.05, 4.69) is 43.6 Å². The molecule has 1 saturated carbocycles. The van der Waals surface area contributed by atoms with Crippen molar-refractivity contribution in [2.45, 2.75) is 51.5 Å². The van der Waals surface area contributed by atoms with Crippen molar-refractivity contribution in [2.75, 3.05) is 14.2 Å². The molecule has 1 fully saturated rings. The minimum Gasteiger partial charge on any atom is -0.497 e. The molecule has 0 spiro atoms. The van der Waals surface area contributed by atoms with E-state index in [0.717, 1.165) is 24.0 Å². The lowest BCUT2D eigenvalue weighted by Crippen LogP contribution is -2.37. The molecule has 0 radical (unpaired) electrons. The first-order valence-electron chi connectivity index (χ1n) is 8.07. The van der Waals surface area contributed by atoms with Gasteiger partial charge < -0.3 is 10.1 Å². The molecule has 1 aromatic carbocycles. The molecule has 1 N–H and O–H groups in total. The van der Waals surface area contributed by atoms with Gasteiger partial charge in [0.05, 0.1) is 7.11 Å². The largest absolute Gasteiger partial charge is 0.497 e. The van der Waals surface area contributed by atoms with Gasteiger partial charge in [0, 0.05) is 6.04 Å². The Hall–Kier alpha value is -1.02. The van der Waals surface area contributed by atoms with Crippen LogP contribution in [0.25, 0.3) is 0 Å². The van der Waals surface area contributed by atoms with Gasteiger partial charge in [-0.3, -0.25) is 0 Å². The van der Waals surface area contributed by atoms with E-state index < -0.39 is 0 Å². The van der Waals surface area contributed by atoms with Gasteiger partial charge in [-0.05, 0) is 55.8 Å². The van der Waals surface area contributed by atoms with Gasteiger partial charge >= 0.3 is 0 Å². The number of likely N-dealkylation sites (N-methyl/N-ethyl adjacent to an activating group) is 1. The molecule has 1 aliphatic rings. The molecule has 112 valence electrons. The van der Waals surface area contributed by atoms with Crippen LogP contribution in [-0.2, 0) is 6.42 Å². The van der Waals surface area contributed by atoms with Crippen molar-refractivity contribution >= 4 is 0 Å². The smallest absolute Gasteiger partial charge is 0.118 e. The van der Waals surface area contributed by atoms with E-state index in [0.29, 0.717) is 6.04 Å². The number of benzene rings is 1. The molecule has 1 aromatic rings. The molecular formula is C18H29NO. The fourth-order valence-corrected chi connectivity index (χ4v) is 3.52. The lowest BCUT2D eigenvalue weighted by atomic mass is 9.76. The van der Waals surface area contributed by atoms with Crippen LogP contribution in [0.5, 0.6) is 5.75 Å². The fraction of sp³-hybridized carbons (Fsp3) is 0.667. The van der Waals surface area contributed by atoms with Crippen LogP contribution in [0.1, 0.15) is 44.6 Å². The molecule has 1 atom stereocenters. The second-order valence-electron chi connectivity index (χ2n) is 6.14. The second-order valence-corrected chi connectivity index (χ2v) is 6.14. The predicted molar refractivity (Wildman–Crippen MR) is 85.3 cm³/mol. The maximum Gasteiger partial charge on any atom is 0.118 e. The highest BCUT2D eigenvalue weighted by atomic mass is 16.5. The normalized spacial score (nSPS) is 24.4. The zero-order chi connectivity index (χ0) is 14.4. The Labute approximate surface area is 123 Å². The molecule has 1 unspecified atom stereocenters. The zero-order valence-corrected chi connectivity index (χ0v) is 13.2. The highest BCUT2D eigenvalue weighted by Gasteiger charge is 2.26. The van der Waals surface area contributed by atoms with Crippen LogP contribution >= 0.6 is 0 Å². The van der Waals surface area contributed by atoms with Crippen LogP contribution in [0.3, 0.4) is 0 Å². The molecule has 0 aliphatic heterocycles. The van der Waals surface area contributed by atoms with Crippen molar-refractivity contribution in [1.82, 2.24) is 5.32 Å². The number of ether oxygens (including phenoxy) is 1. The van der Waals surface area contributed by atoms with Crippen molar-refractivity contribution in [1.29, 1.82) is 0 Å². The summed E-state index contributed by atoms with van der Waals surface area (Å²) in [6.45, 7) is 2.33. The standard InChI is InChI=1S/C18H29NO/c1-4-14-5-9-16(10-6-14)18(19-2)13-15-7-11-17(20-3)12-8-15/h7-8,11-12,14,16,18-19H,4-6,9-10,13H2,1-3H3. The Balaban J connectivity index is 1.91. The summed E-state index contributed by atoms with van der Waals surface area (Å²) in [7, 11) is 3.83. The van der Waals surface area contributed by atoms with E-state index >= 15 is 0 Å². The van der Waals surface area contributed by atoms with Crippen LogP contribution in [0.15, 0.2) is 24.3 Å². The first kappa shape index (κ1) is 15.4. The molecule has 2 rings (SSSR count). The third-order valence-corrected chi connectivity index (χ3v) is 5.02. The summed E-state index contributed by atoms with van der Waals surface area (Å²) >= 11 is 0. The van der Waals surface area contributed by atoms with E-state index in [4.69, 9.17) is 4.74 Å². The van der Waals surface area contributed by atoms with E-state index in [9.17, 15) is 0 Å². The number of rotatable bonds is 6. The van der Waals surface area contributed by atoms with Gasteiger partial charge in [-0.25, -0.2) is 0 Å². The minimum atomic E-state index is 0.612. The molecular weight excluding hydrogens is 246 g/mol. The van der Waals surface area contributed by atoms with E-state index in [1.807, 2.05) is 0 Å². The van der Waals surface area contributed by atoms with Crippen LogP contribution in [0, 0.1) is 11.8 Å². The van der Waals surface area contributed by atoms with Crippen LogP contribution in [-0.4, -0.2) is 20.2 Å². The van der Waals surface area contributed by atoms with Crippen LogP contribution in [0.2, 0.25) is 0 Å². The van der Waals surface area contributed by atoms with Gasteiger partial charge in [0.15, 0.2) is 0 Å².